The van der Waals surface area contributed by atoms with Gasteiger partial charge in [0, 0.05) is 0 Å². The van der Waals surface area contributed by atoms with Crippen LogP contribution in [-0.4, -0.2) is 29.5 Å². The number of fused-ring (bicyclic) bond motifs is 1. The first-order valence-electron chi connectivity index (χ1n) is 7.31. The van der Waals surface area contributed by atoms with E-state index in [1.165, 1.54) is 10.8 Å². The minimum atomic E-state index is -3.12. The van der Waals surface area contributed by atoms with Crippen molar-refractivity contribution in [1.82, 2.24) is 9.55 Å². The van der Waals surface area contributed by atoms with Gasteiger partial charge in [-0.1, -0.05) is 12.1 Å². The Morgan fingerprint density at radius 3 is 2.70 bits per heavy atom. The standard InChI is InChI=1S/C16H14N2O4S/c19-16-12-4-1-2-5-13(12)17-15(14-6-3-8-22-14)18(16)11-7-9-23(20,21)10-11/h1-6,8,11H,7,9-10H2/t11-/m1/s1. The second kappa shape index (κ2) is 5.06. The maximum atomic E-state index is 12.9. The van der Waals surface area contributed by atoms with Crippen LogP contribution in [0, 0.1) is 0 Å². The van der Waals surface area contributed by atoms with E-state index in [1.807, 2.05) is 6.07 Å². The van der Waals surface area contributed by atoms with Crippen molar-refractivity contribution in [2.24, 2.45) is 0 Å². The molecule has 0 radical (unpaired) electrons. The second-order valence-corrected chi connectivity index (χ2v) is 7.89. The minimum absolute atomic E-state index is 0.0410. The van der Waals surface area contributed by atoms with E-state index in [-0.39, 0.29) is 17.1 Å². The maximum Gasteiger partial charge on any atom is 0.262 e. The molecule has 3 aromatic rings. The van der Waals surface area contributed by atoms with Gasteiger partial charge >= 0.3 is 0 Å². The Morgan fingerprint density at radius 2 is 2.00 bits per heavy atom. The lowest BCUT2D eigenvalue weighted by Gasteiger charge is -2.17. The summed E-state index contributed by atoms with van der Waals surface area (Å²) >= 11 is 0. The first-order chi connectivity index (χ1) is 11.1. The second-order valence-electron chi connectivity index (χ2n) is 5.66. The van der Waals surface area contributed by atoms with Crippen molar-refractivity contribution < 1.29 is 12.8 Å². The highest BCUT2D eigenvalue weighted by Gasteiger charge is 2.32. The molecule has 1 atom stereocenters. The third kappa shape index (κ3) is 2.37. The SMILES string of the molecule is O=c1c2ccccc2nc(-c2ccco2)n1[C@@H]1CCS(=O)(=O)C1. The van der Waals surface area contributed by atoms with Crippen LogP contribution < -0.4 is 5.56 Å². The van der Waals surface area contributed by atoms with Crippen molar-refractivity contribution in [3.05, 3.63) is 53.0 Å². The number of benzene rings is 1. The van der Waals surface area contributed by atoms with Crippen LogP contribution in [0.1, 0.15) is 12.5 Å². The number of hydrogen-bond acceptors (Lipinski definition) is 5. The largest absolute Gasteiger partial charge is 0.461 e. The van der Waals surface area contributed by atoms with Crippen LogP contribution in [0.3, 0.4) is 0 Å². The van der Waals surface area contributed by atoms with Gasteiger partial charge in [0.1, 0.15) is 0 Å². The molecule has 1 saturated heterocycles. The van der Waals surface area contributed by atoms with Gasteiger partial charge in [-0.2, -0.15) is 0 Å². The Labute approximate surface area is 132 Å². The Balaban J connectivity index is 2.02. The summed E-state index contributed by atoms with van der Waals surface area (Å²) < 4.78 is 30.5. The monoisotopic (exact) mass is 330 g/mol. The Hall–Kier alpha value is -2.41. The number of aromatic nitrogens is 2. The Bertz CT molecular complexity index is 1040. The van der Waals surface area contributed by atoms with Gasteiger partial charge in [-0.25, -0.2) is 13.4 Å². The fourth-order valence-electron chi connectivity index (χ4n) is 3.04. The fourth-order valence-corrected chi connectivity index (χ4v) is 4.74. The smallest absolute Gasteiger partial charge is 0.262 e. The summed E-state index contributed by atoms with van der Waals surface area (Å²) in [6.07, 6.45) is 1.92. The van der Waals surface area contributed by atoms with Crippen molar-refractivity contribution in [2.75, 3.05) is 11.5 Å². The molecular weight excluding hydrogens is 316 g/mol. The Kier molecular flexibility index (Phi) is 3.12. The fraction of sp³-hybridized carbons (Fsp3) is 0.250. The highest BCUT2D eigenvalue weighted by molar-refractivity contribution is 7.91. The van der Waals surface area contributed by atoms with Crippen molar-refractivity contribution in [3.63, 3.8) is 0 Å². The number of furan rings is 1. The molecule has 118 valence electrons. The van der Waals surface area contributed by atoms with Crippen molar-refractivity contribution in [2.45, 2.75) is 12.5 Å². The molecule has 6 nitrogen and oxygen atoms in total. The highest BCUT2D eigenvalue weighted by atomic mass is 32.2. The first kappa shape index (κ1) is 14.2. The van der Waals surface area contributed by atoms with Crippen molar-refractivity contribution in [3.8, 4) is 11.6 Å². The van der Waals surface area contributed by atoms with Crippen LogP contribution in [0.5, 0.6) is 0 Å². The molecule has 1 aliphatic heterocycles. The molecular formula is C16H14N2O4S. The summed E-state index contributed by atoms with van der Waals surface area (Å²) in [5.74, 6) is 0.882. The van der Waals surface area contributed by atoms with E-state index in [1.54, 1.807) is 30.3 Å². The molecule has 0 amide bonds. The third-order valence-electron chi connectivity index (χ3n) is 4.12. The van der Waals surface area contributed by atoms with E-state index in [9.17, 15) is 13.2 Å². The molecule has 23 heavy (non-hydrogen) atoms. The molecule has 0 bridgehead atoms. The van der Waals surface area contributed by atoms with Gasteiger partial charge in [0.2, 0.25) is 0 Å². The van der Waals surface area contributed by atoms with E-state index >= 15 is 0 Å². The van der Waals surface area contributed by atoms with E-state index in [0.717, 1.165) is 0 Å². The molecule has 1 aliphatic rings. The van der Waals surface area contributed by atoms with E-state index < -0.39 is 15.9 Å². The normalized spacial score (nSPS) is 20.1. The molecule has 7 heteroatoms. The van der Waals surface area contributed by atoms with Crippen LogP contribution in [-0.2, 0) is 9.84 Å². The number of sulfone groups is 1. The summed E-state index contributed by atoms with van der Waals surface area (Å²) in [5, 5.41) is 0.479. The predicted octanol–water partition coefficient (Wildman–Crippen LogP) is 2.02. The zero-order chi connectivity index (χ0) is 16.0. The van der Waals surface area contributed by atoms with Gasteiger partial charge in [-0.15, -0.1) is 0 Å². The summed E-state index contributed by atoms with van der Waals surface area (Å²) in [6, 6.07) is 10.1. The van der Waals surface area contributed by atoms with Crippen LogP contribution in [0.4, 0.5) is 0 Å². The molecule has 0 spiro atoms. The van der Waals surface area contributed by atoms with Crippen LogP contribution >= 0.6 is 0 Å². The average molecular weight is 330 g/mol. The lowest BCUT2D eigenvalue weighted by Crippen LogP contribution is -2.28. The zero-order valence-corrected chi connectivity index (χ0v) is 13.0. The maximum absolute atomic E-state index is 12.9. The molecule has 1 aromatic carbocycles. The zero-order valence-electron chi connectivity index (χ0n) is 12.2. The van der Waals surface area contributed by atoms with Gasteiger partial charge in [-0.3, -0.25) is 9.36 Å². The van der Waals surface area contributed by atoms with E-state index in [0.29, 0.717) is 28.9 Å². The average Bonchev–Trinajstić information content (AvgIpc) is 3.16. The van der Waals surface area contributed by atoms with E-state index in [4.69, 9.17) is 4.42 Å². The van der Waals surface area contributed by atoms with E-state index in [2.05, 4.69) is 4.98 Å². The number of nitrogens with zero attached hydrogens (tertiary/aromatic N) is 2. The van der Waals surface area contributed by atoms with Crippen molar-refractivity contribution >= 4 is 20.7 Å². The molecule has 0 N–H and O–H groups in total. The third-order valence-corrected chi connectivity index (χ3v) is 5.87. The van der Waals surface area contributed by atoms with Gasteiger partial charge in [-0.05, 0) is 30.7 Å². The molecule has 0 aliphatic carbocycles. The summed E-state index contributed by atoms with van der Waals surface area (Å²) in [5.41, 5.74) is 0.338. The van der Waals surface area contributed by atoms with Gasteiger partial charge < -0.3 is 4.42 Å². The molecule has 4 rings (SSSR count). The van der Waals surface area contributed by atoms with Gasteiger partial charge in [0.15, 0.2) is 21.4 Å². The summed E-state index contributed by atoms with van der Waals surface area (Å²) in [6.45, 7) is 0. The number of para-hydroxylation sites is 1. The lowest BCUT2D eigenvalue weighted by molar-refractivity contribution is 0.517. The molecule has 1 fully saturated rings. The van der Waals surface area contributed by atoms with Gasteiger partial charge in [0.25, 0.3) is 5.56 Å². The summed E-state index contributed by atoms with van der Waals surface area (Å²) in [7, 11) is -3.12. The van der Waals surface area contributed by atoms with Crippen LogP contribution in [0.15, 0.2) is 51.9 Å². The molecule has 0 unspecified atom stereocenters. The molecule has 3 heterocycles. The number of rotatable bonds is 2. The quantitative estimate of drug-likeness (QED) is 0.718. The highest BCUT2D eigenvalue weighted by Crippen LogP contribution is 2.28. The summed E-state index contributed by atoms with van der Waals surface area (Å²) in [4.78, 5) is 17.5. The van der Waals surface area contributed by atoms with Crippen LogP contribution in [0.2, 0.25) is 0 Å². The molecule has 2 aromatic heterocycles. The van der Waals surface area contributed by atoms with Crippen molar-refractivity contribution in [1.29, 1.82) is 0 Å². The number of hydrogen-bond donors (Lipinski definition) is 0. The topological polar surface area (TPSA) is 82.2 Å². The Morgan fingerprint density at radius 1 is 1.17 bits per heavy atom. The first-order valence-corrected chi connectivity index (χ1v) is 9.13. The predicted molar refractivity (Wildman–Crippen MR) is 86.0 cm³/mol. The lowest BCUT2D eigenvalue weighted by atomic mass is 10.2. The van der Waals surface area contributed by atoms with Crippen LogP contribution in [0.25, 0.3) is 22.5 Å². The minimum Gasteiger partial charge on any atom is -0.461 e. The van der Waals surface area contributed by atoms with Gasteiger partial charge in [0.05, 0.1) is 34.7 Å². The molecule has 0 saturated carbocycles.